The van der Waals surface area contributed by atoms with Crippen molar-refractivity contribution in [1.29, 1.82) is 0 Å². The molecular formula is C9H8N2. The van der Waals surface area contributed by atoms with Crippen LogP contribution >= 0.6 is 0 Å². The maximum absolute atomic E-state index is 4.01. The second kappa shape index (κ2) is 2.23. The second-order valence-corrected chi connectivity index (χ2v) is 2.42. The van der Waals surface area contributed by atoms with Crippen molar-refractivity contribution in [3.05, 3.63) is 42.4 Å². The van der Waals surface area contributed by atoms with Gasteiger partial charge in [-0.2, -0.15) is 0 Å². The lowest BCUT2D eigenvalue weighted by Gasteiger charge is -2.12. The highest BCUT2D eigenvalue weighted by molar-refractivity contribution is 5.75. The van der Waals surface area contributed by atoms with E-state index in [1.54, 1.807) is 6.20 Å². The van der Waals surface area contributed by atoms with Gasteiger partial charge in [0, 0.05) is 35.4 Å². The van der Waals surface area contributed by atoms with E-state index in [1.165, 1.54) is 0 Å². The Hall–Kier alpha value is -1.57. The molecule has 0 fully saturated rings. The van der Waals surface area contributed by atoms with Gasteiger partial charge < -0.3 is 5.32 Å². The minimum Gasteiger partial charge on any atom is -0.362 e. The molecule has 1 aromatic heterocycles. The van der Waals surface area contributed by atoms with Crippen LogP contribution in [-0.2, 0) is 0 Å². The summed E-state index contributed by atoms with van der Waals surface area (Å²) < 4.78 is 0. The summed E-state index contributed by atoms with van der Waals surface area (Å²) in [7, 11) is 0. The molecule has 1 N–H and O–H groups in total. The summed E-state index contributed by atoms with van der Waals surface area (Å²) in [6.45, 7) is 3.87. The fourth-order valence-electron chi connectivity index (χ4n) is 1.12. The molecule has 0 aliphatic carbocycles. The van der Waals surface area contributed by atoms with Crippen LogP contribution in [0.2, 0.25) is 0 Å². The van der Waals surface area contributed by atoms with Crippen molar-refractivity contribution in [1.82, 2.24) is 10.3 Å². The predicted octanol–water partition coefficient (Wildman–Crippen LogP) is 1.63. The van der Waals surface area contributed by atoms with Crippen LogP contribution in [0.1, 0.15) is 11.1 Å². The number of fused-ring (bicyclic) bond motifs is 1. The lowest BCUT2D eigenvalue weighted by molar-refractivity contribution is 1.18. The number of hydrogen-bond donors (Lipinski definition) is 1. The van der Waals surface area contributed by atoms with Crippen LogP contribution in [0.3, 0.4) is 0 Å². The molecule has 0 saturated heterocycles. The maximum Gasteiger partial charge on any atom is 0.0387 e. The van der Waals surface area contributed by atoms with Gasteiger partial charge in [0.05, 0.1) is 0 Å². The molecule has 0 unspecified atom stereocenters. The minimum absolute atomic E-state index is 0.935. The third-order valence-electron chi connectivity index (χ3n) is 1.70. The smallest absolute Gasteiger partial charge is 0.0387 e. The first-order valence-electron chi connectivity index (χ1n) is 3.44. The number of nitrogens with one attached hydrogen (secondary N) is 1. The molecule has 2 heteroatoms. The Morgan fingerprint density at radius 3 is 3.18 bits per heavy atom. The van der Waals surface area contributed by atoms with Gasteiger partial charge in [0.1, 0.15) is 0 Å². The fraction of sp³-hybridized carbons (Fsp3) is 0. The topological polar surface area (TPSA) is 24.9 Å². The Kier molecular flexibility index (Phi) is 1.25. The van der Waals surface area contributed by atoms with Gasteiger partial charge in [0.2, 0.25) is 0 Å². The first kappa shape index (κ1) is 6.16. The van der Waals surface area contributed by atoms with Crippen LogP contribution in [0.4, 0.5) is 0 Å². The highest BCUT2D eigenvalue weighted by Gasteiger charge is 2.05. The van der Waals surface area contributed by atoms with E-state index in [1.807, 2.05) is 24.5 Å². The van der Waals surface area contributed by atoms with Gasteiger partial charge in [-0.05, 0) is 12.1 Å². The maximum atomic E-state index is 4.01. The monoisotopic (exact) mass is 144 g/mol. The van der Waals surface area contributed by atoms with Gasteiger partial charge in [-0.25, -0.2) is 0 Å². The van der Waals surface area contributed by atoms with Crippen molar-refractivity contribution < 1.29 is 0 Å². The molecule has 0 amide bonds. The summed E-state index contributed by atoms with van der Waals surface area (Å²) in [4.78, 5) is 4.01. The molecule has 0 spiro atoms. The molecule has 0 aromatic carbocycles. The molecule has 0 bridgehead atoms. The van der Waals surface area contributed by atoms with Crippen LogP contribution in [-0.4, -0.2) is 4.98 Å². The molecule has 0 saturated carbocycles. The number of nitrogens with zero attached hydrogens (tertiary/aromatic N) is 1. The van der Waals surface area contributed by atoms with Gasteiger partial charge in [0.25, 0.3) is 0 Å². The van der Waals surface area contributed by atoms with Crippen molar-refractivity contribution >= 4 is 11.8 Å². The molecule has 2 nitrogen and oxygen atoms in total. The molecule has 0 atom stereocenters. The van der Waals surface area contributed by atoms with E-state index >= 15 is 0 Å². The van der Waals surface area contributed by atoms with Crippen molar-refractivity contribution in [3.63, 3.8) is 0 Å². The molecule has 54 valence electrons. The van der Waals surface area contributed by atoms with Crippen LogP contribution in [0, 0.1) is 0 Å². The number of pyridine rings is 1. The zero-order valence-corrected chi connectivity index (χ0v) is 6.04. The van der Waals surface area contributed by atoms with E-state index in [2.05, 4.69) is 16.9 Å². The van der Waals surface area contributed by atoms with Gasteiger partial charge in [-0.1, -0.05) is 6.58 Å². The molecular weight excluding hydrogens is 136 g/mol. The van der Waals surface area contributed by atoms with Gasteiger partial charge in [-0.3, -0.25) is 4.98 Å². The van der Waals surface area contributed by atoms with E-state index in [0.29, 0.717) is 0 Å². The van der Waals surface area contributed by atoms with Crippen molar-refractivity contribution in [2.75, 3.05) is 0 Å². The van der Waals surface area contributed by atoms with E-state index < -0.39 is 0 Å². The Labute approximate surface area is 65.3 Å². The van der Waals surface area contributed by atoms with Crippen molar-refractivity contribution in [3.8, 4) is 0 Å². The first-order valence-corrected chi connectivity index (χ1v) is 3.44. The summed E-state index contributed by atoms with van der Waals surface area (Å²) in [5, 5.41) is 3.04. The van der Waals surface area contributed by atoms with Crippen molar-refractivity contribution in [2.24, 2.45) is 0 Å². The summed E-state index contributed by atoms with van der Waals surface area (Å²) >= 11 is 0. The molecule has 1 aromatic rings. The molecule has 2 heterocycles. The van der Waals surface area contributed by atoms with Crippen LogP contribution in [0.15, 0.2) is 31.2 Å². The minimum atomic E-state index is 0.935. The van der Waals surface area contributed by atoms with Crippen LogP contribution in [0.25, 0.3) is 11.8 Å². The Morgan fingerprint density at radius 2 is 2.36 bits per heavy atom. The second-order valence-electron chi connectivity index (χ2n) is 2.42. The summed E-state index contributed by atoms with van der Waals surface area (Å²) in [5.74, 6) is 0. The van der Waals surface area contributed by atoms with E-state index in [0.717, 1.165) is 16.8 Å². The zero-order chi connectivity index (χ0) is 7.68. The SMILES string of the molecule is C=C1NC=Cc2cnccc21. The third-order valence-corrected chi connectivity index (χ3v) is 1.70. The predicted molar refractivity (Wildman–Crippen MR) is 45.4 cm³/mol. The van der Waals surface area contributed by atoms with Gasteiger partial charge in [-0.15, -0.1) is 0 Å². The van der Waals surface area contributed by atoms with E-state index in [4.69, 9.17) is 0 Å². The summed E-state index contributed by atoms with van der Waals surface area (Å²) in [6.07, 6.45) is 7.45. The van der Waals surface area contributed by atoms with E-state index in [-0.39, 0.29) is 0 Å². The first-order chi connectivity index (χ1) is 5.38. The highest BCUT2D eigenvalue weighted by Crippen LogP contribution is 2.18. The summed E-state index contributed by atoms with van der Waals surface area (Å²) in [6, 6.07) is 1.95. The standard InChI is InChI=1S/C9H8N2/c1-7-9-3-4-10-6-8(9)2-5-11-7/h2-6,11H,1H2. The number of hydrogen-bond acceptors (Lipinski definition) is 2. The van der Waals surface area contributed by atoms with Crippen LogP contribution in [0.5, 0.6) is 0 Å². The Bertz CT molecular complexity index is 326. The average molecular weight is 144 g/mol. The summed E-state index contributed by atoms with van der Waals surface area (Å²) in [5.41, 5.74) is 3.18. The normalized spacial score (nSPS) is 14.0. The molecule has 1 aliphatic heterocycles. The van der Waals surface area contributed by atoms with Crippen molar-refractivity contribution in [2.45, 2.75) is 0 Å². The van der Waals surface area contributed by atoms with Crippen LogP contribution < -0.4 is 5.32 Å². The van der Waals surface area contributed by atoms with Gasteiger partial charge in [0.15, 0.2) is 0 Å². The fourth-order valence-corrected chi connectivity index (χ4v) is 1.12. The molecule has 2 rings (SSSR count). The lowest BCUT2D eigenvalue weighted by atomic mass is 10.1. The number of rotatable bonds is 0. The highest BCUT2D eigenvalue weighted by atomic mass is 14.9. The zero-order valence-electron chi connectivity index (χ0n) is 6.04. The Balaban J connectivity index is 2.63. The third kappa shape index (κ3) is 0.923. The van der Waals surface area contributed by atoms with Gasteiger partial charge >= 0.3 is 0 Å². The van der Waals surface area contributed by atoms with E-state index in [9.17, 15) is 0 Å². The molecule has 1 aliphatic rings. The lowest BCUT2D eigenvalue weighted by Crippen LogP contribution is -2.07. The quantitative estimate of drug-likeness (QED) is 0.598. The Morgan fingerprint density at radius 1 is 1.45 bits per heavy atom. The molecule has 0 radical (unpaired) electrons. The largest absolute Gasteiger partial charge is 0.362 e. The average Bonchev–Trinajstić information content (AvgIpc) is 2.06. The molecule has 11 heavy (non-hydrogen) atoms. The number of aromatic nitrogens is 1.